The van der Waals surface area contributed by atoms with Crippen LogP contribution in [0.4, 0.5) is 4.79 Å². The molecule has 7 nitrogen and oxygen atoms in total. The van der Waals surface area contributed by atoms with E-state index in [2.05, 4.69) is 11.3 Å². The average Bonchev–Trinajstić information content (AvgIpc) is 2.26. The van der Waals surface area contributed by atoms with Crippen LogP contribution in [-0.4, -0.2) is 52.3 Å². The van der Waals surface area contributed by atoms with Crippen LogP contribution in [0.25, 0.3) is 0 Å². The van der Waals surface area contributed by atoms with Crippen LogP contribution in [-0.2, 0) is 14.3 Å². The fourth-order valence-electron chi connectivity index (χ4n) is 1.82. The fraction of sp³-hybridized carbons (Fsp3) is 0.500. The Balaban J connectivity index is 3.10. The molecule has 0 aliphatic carbocycles. The number of carbonyl (C=O) groups excluding carboxylic acids is 1. The Morgan fingerprint density at radius 3 is 1.94 bits per heavy atom. The molecular formula is C10H13NO6. The first kappa shape index (κ1) is 13.0. The van der Waals surface area contributed by atoms with Gasteiger partial charge in [-0.2, -0.15) is 0 Å². The predicted molar refractivity (Wildman–Crippen MR) is 55.5 cm³/mol. The summed E-state index contributed by atoms with van der Waals surface area (Å²) in [4.78, 5) is 34.2. The molecule has 0 spiro atoms. The molecule has 0 unspecified atom stereocenters. The topological polar surface area (TPSA) is 104 Å². The number of hydrogen-bond donors (Lipinski definition) is 2. The smallest absolute Gasteiger partial charge is 0.411 e. The van der Waals surface area contributed by atoms with Crippen LogP contribution < -0.4 is 0 Å². The molecule has 1 saturated heterocycles. The minimum absolute atomic E-state index is 0.0359. The highest BCUT2D eigenvalue weighted by molar-refractivity contribution is 5.86. The molecular weight excluding hydrogens is 230 g/mol. The zero-order valence-corrected chi connectivity index (χ0v) is 9.25. The van der Waals surface area contributed by atoms with Crippen molar-refractivity contribution in [2.75, 3.05) is 7.11 Å². The molecule has 94 valence electrons. The van der Waals surface area contributed by atoms with Crippen molar-refractivity contribution in [1.82, 2.24) is 4.90 Å². The van der Waals surface area contributed by atoms with Gasteiger partial charge in [0.1, 0.15) is 12.1 Å². The molecule has 0 radical (unpaired) electrons. The van der Waals surface area contributed by atoms with Crippen molar-refractivity contribution < 1.29 is 29.3 Å². The van der Waals surface area contributed by atoms with Gasteiger partial charge < -0.3 is 14.9 Å². The van der Waals surface area contributed by atoms with E-state index in [1.54, 1.807) is 0 Å². The molecule has 17 heavy (non-hydrogen) atoms. The zero-order chi connectivity index (χ0) is 13.2. The van der Waals surface area contributed by atoms with Gasteiger partial charge in [-0.15, -0.1) is 0 Å². The third kappa shape index (κ3) is 2.55. The number of carboxylic acids is 2. The summed E-state index contributed by atoms with van der Waals surface area (Å²) in [5.74, 6) is -2.55. The van der Waals surface area contributed by atoms with Gasteiger partial charge in [0.15, 0.2) is 0 Å². The number of rotatable bonds is 2. The van der Waals surface area contributed by atoms with E-state index in [0.717, 1.165) is 12.0 Å². The second kappa shape index (κ2) is 4.86. The first-order valence-electron chi connectivity index (χ1n) is 4.87. The summed E-state index contributed by atoms with van der Waals surface area (Å²) >= 11 is 0. The number of aliphatic carboxylic acids is 2. The number of piperidine rings is 1. The summed E-state index contributed by atoms with van der Waals surface area (Å²) in [6, 6.07) is -2.49. The number of carbonyl (C=O) groups is 3. The Morgan fingerprint density at radius 1 is 1.24 bits per heavy atom. The molecule has 1 aliphatic rings. The summed E-state index contributed by atoms with van der Waals surface area (Å²) in [6.45, 7) is 3.59. The van der Waals surface area contributed by atoms with Crippen LogP contribution in [0.5, 0.6) is 0 Å². The number of nitrogens with zero attached hydrogens (tertiary/aromatic N) is 1. The lowest BCUT2D eigenvalue weighted by Crippen LogP contribution is -2.56. The largest absolute Gasteiger partial charge is 0.480 e. The molecule has 0 aromatic carbocycles. The van der Waals surface area contributed by atoms with Crippen molar-refractivity contribution in [3.8, 4) is 0 Å². The fourth-order valence-corrected chi connectivity index (χ4v) is 1.82. The molecule has 0 saturated carbocycles. The number of ether oxygens (including phenoxy) is 1. The van der Waals surface area contributed by atoms with Gasteiger partial charge in [0, 0.05) is 0 Å². The maximum absolute atomic E-state index is 11.5. The zero-order valence-electron chi connectivity index (χ0n) is 9.25. The SMILES string of the molecule is C=C1C[C@H](C(=O)O)N(C(=O)OC)[C@@H](C(=O)O)C1. The molecule has 0 bridgehead atoms. The number of carboxylic acid groups (broad SMARTS) is 2. The Hall–Kier alpha value is -2.05. The van der Waals surface area contributed by atoms with Crippen LogP contribution in [0.3, 0.4) is 0 Å². The van der Waals surface area contributed by atoms with Gasteiger partial charge in [0.25, 0.3) is 0 Å². The van der Waals surface area contributed by atoms with Gasteiger partial charge in [0.2, 0.25) is 0 Å². The van der Waals surface area contributed by atoms with Crippen molar-refractivity contribution in [3.05, 3.63) is 12.2 Å². The van der Waals surface area contributed by atoms with Crippen LogP contribution in [0.2, 0.25) is 0 Å². The van der Waals surface area contributed by atoms with Crippen molar-refractivity contribution in [3.63, 3.8) is 0 Å². The molecule has 1 aliphatic heterocycles. The minimum Gasteiger partial charge on any atom is -0.480 e. The number of likely N-dealkylation sites (tertiary alicyclic amines) is 1. The third-order valence-corrected chi connectivity index (χ3v) is 2.59. The van der Waals surface area contributed by atoms with Gasteiger partial charge in [-0.3, -0.25) is 4.90 Å². The van der Waals surface area contributed by atoms with E-state index in [0.29, 0.717) is 5.57 Å². The third-order valence-electron chi connectivity index (χ3n) is 2.59. The van der Waals surface area contributed by atoms with E-state index in [9.17, 15) is 14.4 Å². The maximum Gasteiger partial charge on any atom is 0.411 e. The van der Waals surface area contributed by atoms with E-state index in [4.69, 9.17) is 10.2 Å². The summed E-state index contributed by atoms with van der Waals surface area (Å²) in [5.41, 5.74) is 0.491. The van der Waals surface area contributed by atoms with Gasteiger partial charge in [0.05, 0.1) is 7.11 Å². The first-order valence-corrected chi connectivity index (χ1v) is 4.87. The molecule has 2 N–H and O–H groups in total. The monoisotopic (exact) mass is 243 g/mol. The van der Waals surface area contributed by atoms with Crippen LogP contribution in [0.1, 0.15) is 12.8 Å². The highest BCUT2D eigenvalue weighted by atomic mass is 16.5. The van der Waals surface area contributed by atoms with E-state index in [1.807, 2.05) is 0 Å². The van der Waals surface area contributed by atoms with Crippen LogP contribution in [0.15, 0.2) is 12.2 Å². The molecule has 0 aromatic heterocycles. The highest BCUT2D eigenvalue weighted by Gasteiger charge is 2.43. The van der Waals surface area contributed by atoms with Crippen molar-refractivity contribution in [2.24, 2.45) is 0 Å². The minimum atomic E-state index is -1.28. The molecule has 1 rings (SSSR count). The predicted octanol–water partition coefficient (Wildman–Crippen LogP) is 0.311. The van der Waals surface area contributed by atoms with Crippen molar-refractivity contribution >= 4 is 18.0 Å². The van der Waals surface area contributed by atoms with Crippen LogP contribution in [0, 0.1) is 0 Å². The lowest BCUT2D eigenvalue weighted by Gasteiger charge is -2.37. The van der Waals surface area contributed by atoms with Crippen LogP contribution >= 0.6 is 0 Å². The average molecular weight is 243 g/mol. The quantitative estimate of drug-likeness (QED) is 0.676. The van der Waals surface area contributed by atoms with Gasteiger partial charge in [-0.25, -0.2) is 14.4 Å². The van der Waals surface area contributed by atoms with Crippen molar-refractivity contribution in [2.45, 2.75) is 24.9 Å². The van der Waals surface area contributed by atoms with Gasteiger partial charge >= 0.3 is 18.0 Å². The number of amides is 1. The highest BCUT2D eigenvalue weighted by Crippen LogP contribution is 2.27. The molecule has 1 amide bonds. The summed E-state index contributed by atoms with van der Waals surface area (Å²) in [5, 5.41) is 18.0. The van der Waals surface area contributed by atoms with Gasteiger partial charge in [-0.1, -0.05) is 12.2 Å². The second-order valence-corrected chi connectivity index (χ2v) is 3.74. The number of hydrogen-bond acceptors (Lipinski definition) is 4. The second-order valence-electron chi connectivity index (χ2n) is 3.74. The summed E-state index contributed by atoms with van der Waals surface area (Å²) in [7, 11) is 1.07. The lowest BCUT2D eigenvalue weighted by molar-refractivity contribution is -0.150. The van der Waals surface area contributed by atoms with E-state index < -0.39 is 30.1 Å². The maximum atomic E-state index is 11.5. The van der Waals surface area contributed by atoms with E-state index in [1.165, 1.54) is 0 Å². The van der Waals surface area contributed by atoms with Crippen molar-refractivity contribution in [1.29, 1.82) is 0 Å². The van der Waals surface area contributed by atoms with Gasteiger partial charge in [-0.05, 0) is 12.8 Å². The summed E-state index contributed by atoms with van der Waals surface area (Å²) < 4.78 is 4.42. The van der Waals surface area contributed by atoms with E-state index in [-0.39, 0.29) is 12.8 Å². The Bertz CT molecular complexity index is 351. The molecule has 0 aromatic rings. The Labute approximate surface area is 97.3 Å². The lowest BCUT2D eigenvalue weighted by atomic mass is 9.92. The molecule has 2 atom stereocenters. The Morgan fingerprint density at radius 2 is 1.65 bits per heavy atom. The molecule has 7 heteroatoms. The molecule has 1 heterocycles. The number of methoxy groups -OCH3 is 1. The molecule has 1 fully saturated rings. The van der Waals surface area contributed by atoms with E-state index >= 15 is 0 Å². The normalized spacial score (nSPS) is 24.3. The Kier molecular flexibility index (Phi) is 3.72. The summed E-state index contributed by atoms with van der Waals surface area (Å²) in [6.07, 6.45) is -0.889. The first-order chi connectivity index (χ1) is 7.88. The standard InChI is InChI=1S/C10H13NO6/c1-5-3-6(8(12)13)11(10(16)17-2)7(4-5)9(14)15/h6-7H,1,3-4H2,2H3,(H,12,13)(H,14,15)/t6-,7-/m1/s1.